The van der Waals surface area contributed by atoms with Crippen LogP contribution in [0.25, 0.3) is 16.2 Å². The van der Waals surface area contributed by atoms with Gasteiger partial charge in [-0.25, -0.2) is 9.37 Å². The van der Waals surface area contributed by atoms with Crippen molar-refractivity contribution >= 4 is 22.2 Å². The number of aromatic nitrogens is 2. The SMILES string of the molecule is O=C(COCc1ccccc1)N(CCc1csc2nc(-c3ccc(F)cc3)cn12)Cc1ccccc1. The summed E-state index contributed by atoms with van der Waals surface area (Å²) in [6.45, 7) is 1.50. The summed E-state index contributed by atoms with van der Waals surface area (Å²) in [6.07, 6.45) is 2.65. The van der Waals surface area contributed by atoms with Crippen LogP contribution < -0.4 is 0 Å². The highest BCUT2D eigenvalue weighted by atomic mass is 32.1. The molecule has 0 saturated carbocycles. The summed E-state index contributed by atoms with van der Waals surface area (Å²) in [6, 6.07) is 26.2. The molecule has 5 nitrogen and oxygen atoms in total. The molecule has 2 heterocycles. The Balaban J connectivity index is 1.27. The molecule has 0 saturated heterocycles. The molecule has 0 bridgehead atoms. The summed E-state index contributed by atoms with van der Waals surface area (Å²) >= 11 is 1.56. The Labute approximate surface area is 213 Å². The zero-order valence-corrected chi connectivity index (χ0v) is 20.5. The third-order valence-electron chi connectivity index (χ3n) is 5.97. The second-order valence-electron chi connectivity index (χ2n) is 8.54. The van der Waals surface area contributed by atoms with Gasteiger partial charge < -0.3 is 9.64 Å². The molecule has 0 fully saturated rings. The normalized spacial score (nSPS) is 11.1. The number of nitrogens with zero attached hydrogens (tertiary/aromatic N) is 3. The Morgan fingerprint density at radius 2 is 1.64 bits per heavy atom. The molecule has 5 aromatic rings. The van der Waals surface area contributed by atoms with Gasteiger partial charge in [0.15, 0.2) is 4.96 Å². The van der Waals surface area contributed by atoms with Crippen LogP contribution in [0.3, 0.4) is 0 Å². The van der Waals surface area contributed by atoms with Crippen molar-refractivity contribution in [3.63, 3.8) is 0 Å². The topological polar surface area (TPSA) is 46.8 Å². The largest absolute Gasteiger partial charge is 0.367 e. The fraction of sp³-hybridized carbons (Fsp3) is 0.172. The maximum atomic E-state index is 13.3. The predicted octanol–water partition coefficient (Wildman–Crippen LogP) is 5.99. The van der Waals surface area contributed by atoms with Gasteiger partial charge in [-0.05, 0) is 35.4 Å². The molecule has 3 aromatic carbocycles. The van der Waals surface area contributed by atoms with Crippen LogP contribution in [0.4, 0.5) is 4.39 Å². The van der Waals surface area contributed by atoms with Gasteiger partial charge in [-0.2, -0.15) is 0 Å². The first-order chi connectivity index (χ1) is 17.7. The minimum atomic E-state index is -0.267. The first kappa shape index (κ1) is 23.9. The Morgan fingerprint density at radius 1 is 0.944 bits per heavy atom. The number of ether oxygens (including phenoxy) is 1. The lowest BCUT2D eigenvalue weighted by atomic mass is 10.2. The van der Waals surface area contributed by atoms with E-state index in [1.165, 1.54) is 12.1 Å². The standard InChI is InChI=1S/C29H26FN3O2S/c30-25-13-11-24(12-14-25)27-18-33-26(21-36-29(33)31-27)15-16-32(17-22-7-3-1-4-8-22)28(34)20-35-19-23-9-5-2-6-10-23/h1-14,18,21H,15-17,19-20H2. The van der Waals surface area contributed by atoms with Crippen LogP contribution in [0, 0.1) is 5.82 Å². The molecule has 5 rings (SSSR count). The van der Waals surface area contributed by atoms with E-state index in [2.05, 4.69) is 9.78 Å². The second-order valence-corrected chi connectivity index (χ2v) is 9.38. The molecule has 182 valence electrons. The van der Waals surface area contributed by atoms with Crippen molar-refractivity contribution in [1.29, 1.82) is 0 Å². The fourth-order valence-electron chi connectivity index (χ4n) is 4.04. The smallest absolute Gasteiger partial charge is 0.248 e. The fourth-order valence-corrected chi connectivity index (χ4v) is 4.94. The van der Waals surface area contributed by atoms with Crippen LogP contribution in [0.15, 0.2) is 96.5 Å². The third kappa shape index (κ3) is 5.87. The zero-order chi connectivity index (χ0) is 24.7. The quantitative estimate of drug-likeness (QED) is 0.237. The van der Waals surface area contributed by atoms with E-state index >= 15 is 0 Å². The monoisotopic (exact) mass is 499 g/mol. The summed E-state index contributed by atoms with van der Waals surface area (Å²) < 4.78 is 21.1. The Kier molecular flexibility index (Phi) is 7.50. The molecule has 7 heteroatoms. The summed E-state index contributed by atoms with van der Waals surface area (Å²) in [4.78, 5) is 20.5. The molecule has 0 aliphatic heterocycles. The average molecular weight is 500 g/mol. The molecule has 0 aliphatic rings. The van der Waals surface area contributed by atoms with E-state index in [9.17, 15) is 9.18 Å². The molecular formula is C29H26FN3O2S. The number of hydrogen-bond acceptors (Lipinski definition) is 4. The van der Waals surface area contributed by atoms with Crippen molar-refractivity contribution in [3.05, 3.63) is 119 Å². The Morgan fingerprint density at radius 3 is 2.36 bits per heavy atom. The lowest BCUT2D eigenvalue weighted by molar-refractivity contribution is -0.137. The van der Waals surface area contributed by atoms with E-state index in [4.69, 9.17) is 9.72 Å². The van der Waals surface area contributed by atoms with Crippen LogP contribution in [0.5, 0.6) is 0 Å². The lowest BCUT2D eigenvalue weighted by Crippen LogP contribution is -2.35. The number of amides is 1. The maximum absolute atomic E-state index is 13.3. The number of halogens is 1. The number of carbonyl (C=O) groups is 1. The Bertz CT molecular complexity index is 1420. The van der Waals surface area contributed by atoms with E-state index in [-0.39, 0.29) is 18.3 Å². The van der Waals surface area contributed by atoms with E-state index < -0.39 is 0 Å². The van der Waals surface area contributed by atoms with E-state index in [1.807, 2.05) is 71.8 Å². The number of imidazole rings is 1. The maximum Gasteiger partial charge on any atom is 0.248 e. The lowest BCUT2D eigenvalue weighted by Gasteiger charge is -2.23. The molecule has 1 amide bonds. The predicted molar refractivity (Wildman–Crippen MR) is 140 cm³/mol. The van der Waals surface area contributed by atoms with Gasteiger partial charge in [0, 0.05) is 42.3 Å². The first-order valence-electron chi connectivity index (χ1n) is 11.8. The van der Waals surface area contributed by atoms with Gasteiger partial charge in [0.05, 0.1) is 12.3 Å². The van der Waals surface area contributed by atoms with Crippen molar-refractivity contribution in [2.45, 2.75) is 19.6 Å². The van der Waals surface area contributed by atoms with Crippen LogP contribution >= 0.6 is 11.3 Å². The highest BCUT2D eigenvalue weighted by molar-refractivity contribution is 7.15. The highest BCUT2D eigenvalue weighted by Crippen LogP contribution is 2.24. The average Bonchev–Trinajstić information content (AvgIpc) is 3.49. The van der Waals surface area contributed by atoms with Gasteiger partial charge in [-0.3, -0.25) is 9.20 Å². The molecule has 0 spiro atoms. The molecule has 0 atom stereocenters. The number of thiazole rings is 1. The molecule has 0 unspecified atom stereocenters. The number of fused-ring (bicyclic) bond motifs is 1. The number of rotatable bonds is 10. The van der Waals surface area contributed by atoms with Gasteiger partial charge >= 0.3 is 0 Å². The number of carbonyl (C=O) groups excluding carboxylic acids is 1. The first-order valence-corrected chi connectivity index (χ1v) is 12.7. The van der Waals surface area contributed by atoms with Crippen molar-refractivity contribution in [2.75, 3.05) is 13.2 Å². The van der Waals surface area contributed by atoms with Crippen molar-refractivity contribution in [2.24, 2.45) is 0 Å². The Hall–Kier alpha value is -3.81. The molecule has 0 radical (unpaired) electrons. The van der Waals surface area contributed by atoms with Crippen LogP contribution in [-0.4, -0.2) is 33.3 Å². The minimum Gasteiger partial charge on any atom is -0.367 e. The van der Waals surface area contributed by atoms with Gasteiger partial charge in [0.1, 0.15) is 12.4 Å². The summed E-state index contributed by atoms with van der Waals surface area (Å²) in [5.41, 5.74) is 4.86. The third-order valence-corrected chi connectivity index (χ3v) is 6.86. The number of benzene rings is 3. The molecule has 0 N–H and O–H groups in total. The molecule has 2 aromatic heterocycles. The van der Waals surface area contributed by atoms with Crippen molar-refractivity contribution in [3.8, 4) is 11.3 Å². The van der Waals surface area contributed by atoms with Crippen molar-refractivity contribution in [1.82, 2.24) is 14.3 Å². The zero-order valence-electron chi connectivity index (χ0n) is 19.7. The summed E-state index contributed by atoms with van der Waals surface area (Å²) in [5, 5.41) is 2.08. The minimum absolute atomic E-state index is 0.0283. The molecule has 36 heavy (non-hydrogen) atoms. The van der Waals surface area contributed by atoms with Crippen LogP contribution in [-0.2, 0) is 29.1 Å². The molecular weight excluding hydrogens is 473 g/mol. The van der Waals surface area contributed by atoms with E-state index in [1.54, 1.807) is 23.5 Å². The van der Waals surface area contributed by atoms with E-state index in [0.29, 0.717) is 26.1 Å². The van der Waals surface area contributed by atoms with Crippen molar-refractivity contribution < 1.29 is 13.9 Å². The van der Waals surface area contributed by atoms with Gasteiger partial charge in [-0.1, -0.05) is 60.7 Å². The van der Waals surface area contributed by atoms with Gasteiger partial charge in [-0.15, -0.1) is 11.3 Å². The summed E-state index contributed by atoms with van der Waals surface area (Å²) in [7, 11) is 0. The highest BCUT2D eigenvalue weighted by Gasteiger charge is 2.17. The van der Waals surface area contributed by atoms with Crippen LogP contribution in [0.1, 0.15) is 16.8 Å². The van der Waals surface area contributed by atoms with Gasteiger partial charge in [0.2, 0.25) is 5.91 Å². The molecule has 0 aliphatic carbocycles. The van der Waals surface area contributed by atoms with E-state index in [0.717, 1.165) is 33.0 Å². The second kappa shape index (κ2) is 11.3. The number of hydrogen-bond donors (Lipinski definition) is 0. The van der Waals surface area contributed by atoms with Gasteiger partial charge in [0.25, 0.3) is 0 Å². The van der Waals surface area contributed by atoms with Crippen LogP contribution in [0.2, 0.25) is 0 Å². The summed E-state index contributed by atoms with van der Waals surface area (Å²) in [5.74, 6) is -0.310.